The number of aliphatic imine (C=N–C) groups is 1. The lowest BCUT2D eigenvalue weighted by atomic mass is 10.0. The van der Waals surface area contributed by atoms with Crippen LogP contribution in [0.1, 0.15) is 27.7 Å². The number of aromatic nitrogens is 3. The van der Waals surface area contributed by atoms with Crippen molar-refractivity contribution in [3.05, 3.63) is 69.4 Å². The van der Waals surface area contributed by atoms with Crippen LogP contribution in [-0.4, -0.2) is 38.7 Å². The molecular formula is C21H27IN6S. The maximum Gasteiger partial charge on any atom is 0.194 e. The van der Waals surface area contributed by atoms with Gasteiger partial charge in [0.25, 0.3) is 0 Å². The Bertz CT molecular complexity index is 950. The van der Waals surface area contributed by atoms with Crippen LogP contribution in [0.25, 0.3) is 0 Å². The molecule has 8 heteroatoms. The van der Waals surface area contributed by atoms with Crippen LogP contribution in [0.4, 0.5) is 0 Å². The van der Waals surface area contributed by atoms with Crippen molar-refractivity contribution in [1.29, 1.82) is 0 Å². The Morgan fingerprint density at radius 2 is 2.00 bits per heavy atom. The van der Waals surface area contributed by atoms with Gasteiger partial charge in [-0.15, -0.1) is 45.5 Å². The molecule has 0 saturated heterocycles. The van der Waals surface area contributed by atoms with E-state index in [1.807, 2.05) is 18.5 Å². The molecule has 1 N–H and O–H groups in total. The van der Waals surface area contributed by atoms with Crippen molar-refractivity contribution in [2.24, 2.45) is 12.0 Å². The molecule has 1 aliphatic rings. The van der Waals surface area contributed by atoms with Crippen LogP contribution in [0.2, 0.25) is 0 Å². The summed E-state index contributed by atoms with van der Waals surface area (Å²) in [6, 6.07) is 13.0. The van der Waals surface area contributed by atoms with E-state index in [1.165, 1.54) is 16.0 Å². The molecule has 4 rings (SSSR count). The Balaban J connectivity index is 0.00000240. The van der Waals surface area contributed by atoms with Crippen LogP contribution >= 0.6 is 35.3 Å². The Hall–Kier alpha value is -1.94. The zero-order valence-corrected chi connectivity index (χ0v) is 20.0. The molecule has 0 radical (unpaired) electrons. The Kier molecular flexibility index (Phi) is 7.65. The summed E-state index contributed by atoms with van der Waals surface area (Å²) in [4.78, 5) is 8.63. The molecule has 2 aromatic heterocycles. The average Bonchev–Trinajstić information content (AvgIpc) is 3.35. The highest BCUT2D eigenvalue weighted by Crippen LogP contribution is 2.18. The van der Waals surface area contributed by atoms with Crippen molar-refractivity contribution in [3.8, 4) is 0 Å². The standard InChI is InChI=1S/C21H26N6S.HI/c1-16-24-25-20(26(16)2)14-23-21(22-11-9-19-8-5-13-28-19)27-12-10-17-6-3-4-7-18(17)15-27;/h3-8,13H,9-12,14-15H2,1-2H3,(H,22,23);1H. The van der Waals surface area contributed by atoms with Gasteiger partial charge in [-0.05, 0) is 42.3 Å². The van der Waals surface area contributed by atoms with Gasteiger partial charge in [0.2, 0.25) is 0 Å². The van der Waals surface area contributed by atoms with Crippen molar-refractivity contribution >= 4 is 41.3 Å². The van der Waals surface area contributed by atoms with E-state index in [0.29, 0.717) is 6.54 Å². The molecule has 1 aliphatic heterocycles. The van der Waals surface area contributed by atoms with Gasteiger partial charge < -0.3 is 14.8 Å². The molecule has 6 nitrogen and oxygen atoms in total. The summed E-state index contributed by atoms with van der Waals surface area (Å²) in [5.41, 5.74) is 2.83. The number of halogens is 1. The fourth-order valence-electron chi connectivity index (χ4n) is 3.43. The van der Waals surface area contributed by atoms with E-state index in [0.717, 1.165) is 50.1 Å². The van der Waals surface area contributed by atoms with Crippen LogP contribution in [0.5, 0.6) is 0 Å². The Morgan fingerprint density at radius 1 is 1.17 bits per heavy atom. The van der Waals surface area contributed by atoms with E-state index in [2.05, 4.69) is 62.2 Å². The molecule has 0 unspecified atom stereocenters. The van der Waals surface area contributed by atoms with Gasteiger partial charge in [-0.25, -0.2) is 4.99 Å². The minimum absolute atomic E-state index is 0. The van der Waals surface area contributed by atoms with Gasteiger partial charge in [0.05, 0.1) is 0 Å². The third-order valence-electron chi connectivity index (χ3n) is 5.22. The summed E-state index contributed by atoms with van der Waals surface area (Å²) >= 11 is 1.80. The van der Waals surface area contributed by atoms with Crippen LogP contribution in [0, 0.1) is 6.92 Å². The number of aryl methyl sites for hydroxylation is 1. The fourth-order valence-corrected chi connectivity index (χ4v) is 4.14. The normalized spacial score (nSPS) is 13.7. The van der Waals surface area contributed by atoms with Gasteiger partial charge in [-0.1, -0.05) is 30.3 Å². The van der Waals surface area contributed by atoms with E-state index in [-0.39, 0.29) is 24.0 Å². The third kappa shape index (κ3) is 5.36. The molecule has 154 valence electrons. The second-order valence-electron chi connectivity index (χ2n) is 7.06. The second kappa shape index (κ2) is 10.2. The minimum atomic E-state index is 0. The average molecular weight is 522 g/mol. The Labute approximate surface area is 193 Å². The predicted molar refractivity (Wildman–Crippen MR) is 129 cm³/mol. The predicted octanol–water partition coefficient (Wildman–Crippen LogP) is 3.55. The highest BCUT2D eigenvalue weighted by molar-refractivity contribution is 14.0. The SMILES string of the molecule is Cc1nnc(CN=C(NCCc2cccs2)N2CCc3ccccc3C2)n1C.I. The molecule has 29 heavy (non-hydrogen) atoms. The lowest BCUT2D eigenvalue weighted by Gasteiger charge is -2.32. The Morgan fingerprint density at radius 3 is 2.72 bits per heavy atom. The van der Waals surface area contributed by atoms with Gasteiger partial charge in [-0.3, -0.25) is 0 Å². The van der Waals surface area contributed by atoms with Crippen molar-refractivity contribution in [2.75, 3.05) is 13.1 Å². The topological polar surface area (TPSA) is 58.3 Å². The summed E-state index contributed by atoms with van der Waals surface area (Å²) in [5, 5.41) is 14.1. The minimum Gasteiger partial charge on any atom is -0.356 e. The number of nitrogens with zero attached hydrogens (tertiary/aromatic N) is 5. The number of fused-ring (bicyclic) bond motifs is 1. The number of benzene rings is 1. The van der Waals surface area contributed by atoms with E-state index in [9.17, 15) is 0 Å². The van der Waals surface area contributed by atoms with Crippen LogP contribution in [0.15, 0.2) is 46.8 Å². The second-order valence-corrected chi connectivity index (χ2v) is 8.09. The van der Waals surface area contributed by atoms with Gasteiger partial charge in [0.15, 0.2) is 11.8 Å². The summed E-state index contributed by atoms with van der Waals surface area (Å²) in [6.45, 7) is 5.21. The molecular weight excluding hydrogens is 495 g/mol. The highest BCUT2D eigenvalue weighted by atomic mass is 127. The lowest BCUT2D eigenvalue weighted by Crippen LogP contribution is -2.44. The van der Waals surface area contributed by atoms with Crippen molar-refractivity contribution in [3.63, 3.8) is 0 Å². The molecule has 0 fully saturated rings. The van der Waals surface area contributed by atoms with Crippen molar-refractivity contribution in [1.82, 2.24) is 25.0 Å². The first kappa shape index (κ1) is 21.8. The number of thiophene rings is 1. The lowest BCUT2D eigenvalue weighted by molar-refractivity contribution is 0.377. The quantitative estimate of drug-likeness (QED) is 0.317. The molecule has 0 saturated carbocycles. The van der Waals surface area contributed by atoms with E-state index in [4.69, 9.17) is 4.99 Å². The number of hydrogen-bond donors (Lipinski definition) is 1. The molecule has 3 aromatic rings. The van der Waals surface area contributed by atoms with Gasteiger partial charge >= 0.3 is 0 Å². The number of nitrogens with one attached hydrogen (secondary N) is 1. The molecule has 0 aliphatic carbocycles. The molecule has 0 spiro atoms. The summed E-state index contributed by atoms with van der Waals surface area (Å²) in [5.74, 6) is 2.74. The van der Waals surface area contributed by atoms with Gasteiger partial charge in [-0.2, -0.15) is 0 Å². The van der Waals surface area contributed by atoms with Crippen LogP contribution in [-0.2, 0) is 33.0 Å². The van der Waals surface area contributed by atoms with E-state index >= 15 is 0 Å². The summed E-state index contributed by atoms with van der Waals surface area (Å²) in [6.07, 6.45) is 2.05. The highest BCUT2D eigenvalue weighted by Gasteiger charge is 2.19. The van der Waals surface area contributed by atoms with E-state index in [1.54, 1.807) is 11.3 Å². The smallest absolute Gasteiger partial charge is 0.194 e. The first-order chi connectivity index (χ1) is 13.7. The van der Waals surface area contributed by atoms with E-state index < -0.39 is 0 Å². The summed E-state index contributed by atoms with van der Waals surface area (Å²) in [7, 11) is 1.99. The zero-order chi connectivity index (χ0) is 19.3. The molecule has 1 aromatic carbocycles. The van der Waals surface area contributed by atoms with Gasteiger partial charge in [0, 0.05) is 31.6 Å². The maximum absolute atomic E-state index is 4.90. The molecule has 3 heterocycles. The van der Waals surface area contributed by atoms with Crippen molar-refractivity contribution < 1.29 is 0 Å². The molecule has 0 bridgehead atoms. The number of guanidine groups is 1. The third-order valence-corrected chi connectivity index (χ3v) is 6.15. The summed E-state index contributed by atoms with van der Waals surface area (Å²) < 4.78 is 2.00. The number of rotatable bonds is 5. The molecule has 0 atom stereocenters. The van der Waals surface area contributed by atoms with Crippen molar-refractivity contribution in [2.45, 2.75) is 32.9 Å². The monoisotopic (exact) mass is 522 g/mol. The number of hydrogen-bond acceptors (Lipinski definition) is 4. The first-order valence-corrected chi connectivity index (χ1v) is 10.6. The maximum atomic E-state index is 4.90. The molecule has 0 amide bonds. The van der Waals surface area contributed by atoms with Crippen LogP contribution < -0.4 is 5.32 Å². The fraction of sp³-hybridized carbons (Fsp3) is 0.381. The van der Waals surface area contributed by atoms with Crippen LogP contribution in [0.3, 0.4) is 0 Å². The zero-order valence-electron chi connectivity index (χ0n) is 16.8. The first-order valence-electron chi connectivity index (χ1n) is 9.68. The van der Waals surface area contributed by atoms with Gasteiger partial charge in [0.1, 0.15) is 12.4 Å². The largest absolute Gasteiger partial charge is 0.356 e.